The molecule has 0 fully saturated rings. The summed E-state index contributed by atoms with van der Waals surface area (Å²) >= 11 is 0. The Balaban J connectivity index is 2.04. The van der Waals surface area contributed by atoms with E-state index >= 15 is 0 Å². The lowest BCUT2D eigenvalue weighted by Crippen LogP contribution is -2.30. The van der Waals surface area contributed by atoms with Gasteiger partial charge in [-0.2, -0.15) is 0 Å². The summed E-state index contributed by atoms with van der Waals surface area (Å²) in [6.07, 6.45) is 0.821. The topological polar surface area (TPSA) is 121 Å². The Bertz CT molecular complexity index is 980. The number of non-ortho nitro benzene ring substituents is 1. The highest BCUT2D eigenvalue weighted by molar-refractivity contribution is 7.92. The predicted molar refractivity (Wildman–Crippen MR) is 101 cm³/mol. The van der Waals surface area contributed by atoms with Crippen LogP contribution in [0.2, 0.25) is 0 Å². The molecule has 0 unspecified atom stereocenters. The van der Waals surface area contributed by atoms with Gasteiger partial charge in [-0.15, -0.1) is 0 Å². The standard InChI is InChI=1S/C19H19NO7S/c1-3-14-4-6-15(7-5-14)18(21)12-27-19(22)13(2)28(25,26)17-10-8-16(9-11-17)20(23)24/h4-11,13H,3,12H2,1-2H3/t13-/m1/s1. The molecule has 0 aromatic heterocycles. The number of carbonyl (C=O) groups is 2. The van der Waals surface area contributed by atoms with Gasteiger partial charge in [-0.3, -0.25) is 19.7 Å². The van der Waals surface area contributed by atoms with Gasteiger partial charge in [-0.25, -0.2) is 8.42 Å². The van der Waals surface area contributed by atoms with E-state index in [1.54, 1.807) is 24.3 Å². The number of Topliss-reactive ketones (excluding diaryl/α,β-unsaturated/α-hetero) is 1. The van der Waals surface area contributed by atoms with Gasteiger partial charge in [0.15, 0.2) is 27.5 Å². The Morgan fingerprint density at radius 2 is 1.64 bits per heavy atom. The second-order valence-corrected chi connectivity index (χ2v) is 8.29. The second kappa shape index (κ2) is 8.75. The molecule has 8 nitrogen and oxygen atoms in total. The number of hydrogen-bond acceptors (Lipinski definition) is 7. The zero-order chi connectivity index (χ0) is 20.9. The maximum atomic E-state index is 12.5. The highest BCUT2D eigenvalue weighted by atomic mass is 32.2. The van der Waals surface area contributed by atoms with E-state index in [2.05, 4.69) is 0 Å². The van der Waals surface area contributed by atoms with Crippen molar-refractivity contribution in [2.45, 2.75) is 30.4 Å². The fourth-order valence-corrected chi connectivity index (χ4v) is 3.60. The van der Waals surface area contributed by atoms with Crippen LogP contribution in [0.5, 0.6) is 0 Å². The summed E-state index contributed by atoms with van der Waals surface area (Å²) in [6.45, 7) is 2.54. The fraction of sp³-hybridized carbons (Fsp3) is 0.263. The lowest BCUT2D eigenvalue weighted by molar-refractivity contribution is -0.384. The number of ether oxygens (including phenoxy) is 1. The highest BCUT2D eigenvalue weighted by Gasteiger charge is 2.32. The maximum Gasteiger partial charge on any atom is 0.324 e. The Labute approximate surface area is 162 Å². The molecule has 0 saturated heterocycles. The summed E-state index contributed by atoms with van der Waals surface area (Å²) in [4.78, 5) is 34.0. The Morgan fingerprint density at radius 1 is 1.07 bits per heavy atom. The molecule has 2 aromatic carbocycles. The molecule has 2 aromatic rings. The Morgan fingerprint density at radius 3 is 2.14 bits per heavy atom. The van der Waals surface area contributed by atoms with Crippen LogP contribution in [-0.4, -0.2) is 37.0 Å². The number of aryl methyl sites for hydroxylation is 1. The van der Waals surface area contributed by atoms with E-state index < -0.39 is 38.4 Å². The quantitative estimate of drug-likeness (QED) is 0.286. The third-order valence-corrected chi connectivity index (χ3v) is 6.26. The SMILES string of the molecule is CCc1ccc(C(=O)COC(=O)[C@@H](C)S(=O)(=O)c2ccc([N+](=O)[O-])cc2)cc1. The number of nitro benzene ring substituents is 1. The number of carbonyl (C=O) groups excluding carboxylic acids is 2. The van der Waals surface area contributed by atoms with E-state index in [9.17, 15) is 28.1 Å². The van der Waals surface area contributed by atoms with Gasteiger partial charge >= 0.3 is 5.97 Å². The molecule has 0 spiro atoms. The normalized spacial score (nSPS) is 12.2. The summed E-state index contributed by atoms with van der Waals surface area (Å²) in [5.74, 6) is -1.52. The van der Waals surface area contributed by atoms with Crippen LogP contribution >= 0.6 is 0 Å². The molecule has 0 saturated carbocycles. The molecule has 0 aliphatic heterocycles. The van der Waals surface area contributed by atoms with Gasteiger partial charge in [0.1, 0.15) is 0 Å². The first-order valence-electron chi connectivity index (χ1n) is 8.44. The number of nitrogens with zero attached hydrogens (tertiary/aromatic N) is 1. The van der Waals surface area contributed by atoms with Crippen LogP contribution < -0.4 is 0 Å². The largest absolute Gasteiger partial charge is 0.456 e. The molecule has 0 N–H and O–H groups in total. The summed E-state index contributed by atoms with van der Waals surface area (Å²) in [7, 11) is -4.11. The monoisotopic (exact) mass is 405 g/mol. The Kier molecular flexibility index (Phi) is 6.63. The highest BCUT2D eigenvalue weighted by Crippen LogP contribution is 2.20. The van der Waals surface area contributed by atoms with Crippen molar-refractivity contribution in [3.63, 3.8) is 0 Å². The van der Waals surface area contributed by atoms with Crippen molar-refractivity contribution in [3.05, 3.63) is 69.8 Å². The first-order valence-corrected chi connectivity index (χ1v) is 9.98. The molecule has 28 heavy (non-hydrogen) atoms. The average Bonchev–Trinajstić information content (AvgIpc) is 2.71. The van der Waals surface area contributed by atoms with E-state index in [1.807, 2.05) is 6.92 Å². The van der Waals surface area contributed by atoms with Gasteiger partial charge in [-0.05, 0) is 31.0 Å². The third kappa shape index (κ3) is 4.80. The van der Waals surface area contributed by atoms with Crippen molar-refractivity contribution in [1.82, 2.24) is 0 Å². The van der Waals surface area contributed by atoms with Gasteiger partial charge in [-0.1, -0.05) is 31.2 Å². The Hall–Kier alpha value is -3.07. The van der Waals surface area contributed by atoms with E-state index in [1.165, 1.54) is 0 Å². The van der Waals surface area contributed by atoms with E-state index in [0.29, 0.717) is 5.56 Å². The van der Waals surface area contributed by atoms with E-state index in [-0.39, 0.29) is 10.6 Å². The molecular formula is C19H19NO7S. The zero-order valence-corrected chi connectivity index (χ0v) is 16.1. The third-order valence-electron chi connectivity index (χ3n) is 4.20. The molecule has 0 aliphatic rings. The van der Waals surface area contributed by atoms with Crippen LogP contribution in [0.1, 0.15) is 29.8 Å². The number of esters is 1. The van der Waals surface area contributed by atoms with Gasteiger partial charge in [0.2, 0.25) is 0 Å². The van der Waals surface area contributed by atoms with Crippen LogP contribution in [0, 0.1) is 10.1 Å². The molecule has 0 aliphatic carbocycles. The molecule has 1 atom stereocenters. The number of ketones is 1. The molecule has 0 radical (unpaired) electrons. The first-order chi connectivity index (χ1) is 13.2. The van der Waals surface area contributed by atoms with E-state index in [0.717, 1.165) is 43.2 Å². The second-order valence-electron chi connectivity index (χ2n) is 6.02. The summed E-state index contributed by atoms with van der Waals surface area (Å²) < 4.78 is 29.8. The summed E-state index contributed by atoms with van der Waals surface area (Å²) in [6, 6.07) is 11.0. The molecule has 0 amide bonds. The minimum atomic E-state index is -4.11. The fourth-order valence-electron chi connectivity index (χ4n) is 2.35. The van der Waals surface area contributed by atoms with Crippen molar-refractivity contribution >= 4 is 27.3 Å². The van der Waals surface area contributed by atoms with Crippen LogP contribution in [0.4, 0.5) is 5.69 Å². The number of hydrogen-bond donors (Lipinski definition) is 0. The van der Waals surface area contributed by atoms with Crippen molar-refractivity contribution in [2.75, 3.05) is 6.61 Å². The van der Waals surface area contributed by atoms with Crippen LogP contribution in [0.15, 0.2) is 53.4 Å². The number of benzene rings is 2. The average molecular weight is 405 g/mol. The van der Waals surface area contributed by atoms with Gasteiger partial charge in [0, 0.05) is 17.7 Å². The minimum absolute atomic E-state index is 0.246. The van der Waals surface area contributed by atoms with Gasteiger partial charge in [0.05, 0.1) is 9.82 Å². The first kappa shape index (κ1) is 21.2. The summed E-state index contributed by atoms with van der Waals surface area (Å²) in [5.41, 5.74) is 1.14. The molecule has 9 heteroatoms. The van der Waals surface area contributed by atoms with Crippen molar-refractivity contribution in [2.24, 2.45) is 0 Å². The maximum absolute atomic E-state index is 12.5. The number of nitro groups is 1. The molecule has 0 bridgehead atoms. The van der Waals surface area contributed by atoms with Crippen LogP contribution in [-0.2, 0) is 25.8 Å². The van der Waals surface area contributed by atoms with Crippen molar-refractivity contribution in [3.8, 4) is 0 Å². The zero-order valence-electron chi connectivity index (χ0n) is 15.3. The van der Waals surface area contributed by atoms with E-state index in [4.69, 9.17) is 4.74 Å². The lowest BCUT2D eigenvalue weighted by Gasteiger charge is -2.12. The molecular weight excluding hydrogens is 386 g/mol. The summed E-state index contributed by atoms with van der Waals surface area (Å²) in [5, 5.41) is 9.09. The van der Waals surface area contributed by atoms with Crippen molar-refractivity contribution < 1.29 is 27.7 Å². The molecule has 0 heterocycles. The lowest BCUT2D eigenvalue weighted by atomic mass is 10.1. The van der Waals surface area contributed by atoms with Crippen LogP contribution in [0.3, 0.4) is 0 Å². The predicted octanol–water partition coefficient (Wildman–Crippen LogP) is 2.75. The molecule has 2 rings (SSSR count). The molecule has 148 valence electrons. The van der Waals surface area contributed by atoms with Crippen LogP contribution in [0.25, 0.3) is 0 Å². The number of rotatable bonds is 8. The van der Waals surface area contributed by atoms with Gasteiger partial charge < -0.3 is 4.74 Å². The van der Waals surface area contributed by atoms with Crippen molar-refractivity contribution in [1.29, 1.82) is 0 Å². The minimum Gasteiger partial charge on any atom is -0.456 e. The smallest absolute Gasteiger partial charge is 0.324 e. The number of sulfone groups is 1. The van der Waals surface area contributed by atoms with Gasteiger partial charge in [0.25, 0.3) is 5.69 Å².